The minimum atomic E-state index is 0.367. The molecule has 23 heavy (non-hydrogen) atoms. The van der Waals surface area contributed by atoms with E-state index >= 15 is 0 Å². The lowest BCUT2D eigenvalue weighted by Crippen LogP contribution is -2.44. The number of rotatable bonds is 3. The van der Waals surface area contributed by atoms with Crippen LogP contribution in [0.25, 0.3) is 0 Å². The van der Waals surface area contributed by atoms with Gasteiger partial charge in [0.1, 0.15) is 0 Å². The van der Waals surface area contributed by atoms with Crippen molar-refractivity contribution in [1.29, 1.82) is 0 Å². The lowest BCUT2D eigenvalue weighted by Gasteiger charge is -2.38. The molecule has 3 aliphatic heterocycles. The topological polar surface area (TPSA) is 35.6 Å². The van der Waals surface area contributed by atoms with Gasteiger partial charge in [-0.25, -0.2) is 0 Å². The Bertz CT molecular complexity index is 444. The largest absolute Gasteiger partial charge is 0.342 e. The molecule has 4 heteroatoms. The van der Waals surface area contributed by atoms with Gasteiger partial charge in [-0.05, 0) is 75.4 Å². The van der Waals surface area contributed by atoms with Crippen LogP contribution in [0.15, 0.2) is 0 Å². The third-order valence-electron chi connectivity index (χ3n) is 7.07. The van der Waals surface area contributed by atoms with Gasteiger partial charge < -0.3 is 15.1 Å². The fourth-order valence-corrected chi connectivity index (χ4v) is 5.28. The molecule has 2 unspecified atom stereocenters. The van der Waals surface area contributed by atoms with Crippen molar-refractivity contribution in [1.82, 2.24) is 15.1 Å². The Hall–Kier alpha value is -0.610. The van der Waals surface area contributed by atoms with Gasteiger partial charge in [-0.2, -0.15) is 0 Å². The first-order chi connectivity index (χ1) is 11.1. The second kappa shape index (κ2) is 6.03. The first kappa shape index (κ1) is 15.9. The molecule has 0 aromatic heterocycles. The van der Waals surface area contributed by atoms with E-state index in [-0.39, 0.29) is 0 Å². The summed E-state index contributed by atoms with van der Waals surface area (Å²) in [5.41, 5.74) is 0.858. The van der Waals surface area contributed by atoms with E-state index < -0.39 is 0 Å². The maximum atomic E-state index is 12.7. The van der Waals surface area contributed by atoms with Gasteiger partial charge in [-0.15, -0.1) is 0 Å². The van der Waals surface area contributed by atoms with Gasteiger partial charge in [0, 0.05) is 32.1 Å². The minimum absolute atomic E-state index is 0.367. The van der Waals surface area contributed by atoms with Crippen LogP contribution in [0.1, 0.15) is 51.9 Å². The first-order valence-electron chi connectivity index (χ1n) is 9.82. The Morgan fingerprint density at radius 1 is 1.09 bits per heavy atom. The minimum Gasteiger partial charge on any atom is -0.342 e. The van der Waals surface area contributed by atoms with Crippen molar-refractivity contribution in [3.05, 3.63) is 0 Å². The third kappa shape index (κ3) is 3.17. The predicted molar refractivity (Wildman–Crippen MR) is 92.2 cm³/mol. The number of piperidine rings is 2. The summed E-state index contributed by atoms with van der Waals surface area (Å²) in [7, 11) is 0. The summed E-state index contributed by atoms with van der Waals surface area (Å²) in [6.45, 7) is 10.5. The number of amides is 1. The summed E-state index contributed by atoms with van der Waals surface area (Å²) in [4.78, 5) is 17.6. The zero-order valence-electron chi connectivity index (χ0n) is 14.8. The lowest BCUT2D eigenvalue weighted by molar-refractivity contribution is -0.134. The van der Waals surface area contributed by atoms with Crippen LogP contribution in [0.2, 0.25) is 0 Å². The summed E-state index contributed by atoms with van der Waals surface area (Å²) in [6, 6.07) is 0. The zero-order valence-corrected chi connectivity index (χ0v) is 14.8. The second-order valence-electron chi connectivity index (χ2n) is 9.02. The highest BCUT2D eigenvalue weighted by atomic mass is 16.2. The predicted octanol–water partition coefficient (Wildman–Crippen LogP) is 2.10. The molecule has 1 saturated carbocycles. The van der Waals surface area contributed by atoms with Gasteiger partial charge >= 0.3 is 0 Å². The number of carbonyl (C=O) groups is 1. The van der Waals surface area contributed by atoms with E-state index in [0.717, 1.165) is 13.1 Å². The van der Waals surface area contributed by atoms with Crippen molar-refractivity contribution >= 4 is 5.91 Å². The smallest absolute Gasteiger partial charge is 0.226 e. The monoisotopic (exact) mass is 319 g/mol. The number of likely N-dealkylation sites (tertiary alicyclic amines) is 2. The van der Waals surface area contributed by atoms with Gasteiger partial charge in [-0.1, -0.05) is 6.92 Å². The van der Waals surface area contributed by atoms with Gasteiger partial charge in [-0.3, -0.25) is 4.79 Å². The van der Waals surface area contributed by atoms with Gasteiger partial charge in [0.25, 0.3) is 0 Å². The summed E-state index contributed by atoms with van der Waals surface area (Å²) in [6.07, 6.45) is 8.72. The SMILES string of the molecule is CC1(CN2CCC3(CC2)CC3C(=O)N2CCCCC2)CCNC1. The molecular formula is C19H33N3O. The average molecular weight is 319 g/mol. The van der Waals surface area contributed by atoms with Crippen LogP contribution in [-0.4, -0.2) is 61.5 Å². The van der Waals surface area contributed by atoms with Gasteiger partial charge in [0.2, 0.25) is 5.91 Å². The molecule has 3 saturated heterocycles. The zero-order chi connectivity index (χ0) is 15.9. The van der Waals surface area contributed by atoms with Crippen LogP contribution in [0.5, 0.6) is 0 Å². The highest BCUT2D eigenvalue weighted by Gasteiger charge is 2.59. The van der Waals surface area contributed by atoms with Crippen molar-refractivity contribution in [2.24, 2.45) is 16.7 Å². The van der Waals surface area contributed by atoms with Crippen LogP contribution >= 0.6 is 0 Å². The molecular weight excluding hydrogens is 286 g/mol. The Balaban J connectivity index is 1.27. The summed E-state index contributed by atoms with van der Waals surface area (Å²) >= 11 is 0. The normalized spacial score (nSPS) is 37.3. The highest BCUT2D eigenvalue weighted by Crippen LogP contribution is 2.60. The first-order valence-corrected chi connectivity index (χ1v) is 9.82. The number of hydrogen-bond donors (Lipinski definition) is 1. The van der Waals surface area contributed by atoms with Crippen molar-refractivity contribution in [3.8, 4) is 0 Å². The number of nitrogens with zero attached hydrogens (tertiary/aromatic N) is 2. The van der Waals surface area contributed by atoms with E-state index in [1.807, 2.05) is 0 Å². The Morgan fingerprint density at radius 3 is 2.48 bits per heavy atom. The molecule has 0 aromatic rings. The van der Waals surface area contributed by atoms with Crippen LogP contribution in [0, 0.1) is 16.7 Å². The molecule has 1 aliphatic carbocycles. The molecule has 1 spiro atoms. The molecule has 4 rings (SSSR count). The number of hydrogen-bond acceptors (Lipinski definition) is 3. The van der Waals surface area contributed by atoms with Crippen LogP contribution in [-0.2, 0) is 4.79 Å². The van der Waals surface area contributed by atoms with Gasteiger partial charge in [0.05, 0.1) is 0 Å². The Kier molecular flexibility index (Phi) is 4.17. The van der Waals surface area contributed by atoms with Crippen LogP contribution in [0.4, 0.5) is 0 Å². The molecule has 4 nitrogen and oxygen atoms in total. The Morgan fingerprint density at radius 2 is 1.83 bits per heavy atom. The lowest BCUT2D eigenvalue weighted by atomic mass is 9.86. The molecule has 0 aromatic carbocycles. The molecule has 2 atom stereocenters. The van der Waals surface area contributed by atoms with Crippen LogP contribution < -0.4 is 5.32 Å². The fourth-order valence-electron chi connectivity index (χ4n) is 5.28. The van der Waals surface area contributed by atoms with E-state index in [1.165, 1.54) is 77.7 Å². The average Bonchev–Trinajstić information content (AvgIpc) is 3.11. The van der Waals surface area contributed by atoms with Crippen molar-refractivity contribution in [3.63, 3.8) is 0 Å². The second-order valence-corrected chi connectivity index (χ2v) is 9.02. The quantitative estimate of drug-likeness (QED) is 0.865. The molecule has 1 amide bonds. The van der Waals surface area contributed by atoms with E-state index in [1.54, 1.807) is 0 Å². The maximum absolute atomic E-state index is 12.7. The van der Waals surface area contributed by atoms with Crippen molar-refractivity contribution < 1.29 is 4.79 Å². The van der Waals surface area contributed by atoms with Crippen molar-refractivity contribution in [2.75, 3.05) is 45.8 Å². The van der Waals surface area contributed by atoms with E-state index in [2.05, 4.69) is 22.0 Å². The molecule has 4 aliphatic rings. The molecule has 130 valence electrons. The fraction of sp³-hybridized carbons (Fsp3) is 0.947. The molecule has 1 N–H and O–H groups in total. The number of nitrogens with one attached hydrogen (secondary N) is 1. The molecule has 3 heterocycles. The maximum Gasteiger partial charge on any atom is 0.226 e. The summed E-state index contributed by atoms with van der Waals surface area (Å²) in [5, 5.41) is 3.51. The summed E-state index contributed by atoms with van der Waals surface area (Å²) < 4.78 is 0. The highest BCUT2D eigenvalue weighted by molar-refractivity contribution is 5.82. The third-order valence-corrected chi connectivity index (χ3v) is 7.07. The standard InChI is InChI=1S/C19H33N3O/c1-18(5-8-20-14-18)15-21-11-6-19(7-12-21)13-16(19)17(23)22-9-3-2-4-10-22/h16,20H,2-15H2,1H3. The molecule has 4 fully saturated rings. The molecule has 0 radical (unpaired) electrons. The van der Waals surface area contributed by atoms with E-state index in [9.17, 15) is 4.79 Å². The summed E-state index contributed by atoms with van der Waals surface area (Å²) in [5.74, 6) is 0.858. The van der Waals surface area contributed by atoms with Crippen molar-refractivity contribution in [2.45, 2.75) is 51.9 Å². The van der Waals surface area contributed by atoms with Crippen LogP contribution in [0.3, 0.4) is 0 Å². The van der Waals surface area contributed by atoms with E-state index in [4.69, 9.17) is 0 Å². The molecule has 0 bridgehead atoms. The number of carbonyl (C=O) groups excluding carboxylic acids is 1. The van der Waals surface area contributed by atoms with E-state index in [0.29, 0.717) is 22.7 Å². The Labute approximate surface area is 141 Å². The van der Waals surface area contributed by atoms with Gasteiger partial charge in [0.15, 0.2) is 0 Å².